The van der Waals surface area contributed by atoms with Crippen LogP contribution in [0.1, 0.15) is 24.7 Å². The predicted molar refractivity (Wildman–Crippen MR) is 74.9 cm³/mol. The largest absolute Gasteiger partial charge is 0.380 e. The molecule has 0 aliphatic rings. The molecule has 0 atom stereocenters. The van der Waals surface area contributed by atoms with Crippen LogP contribution in [0.3, 0.4) is 0 Å². The second-order valence-electron chi connectivity index (χ2n) is 4.05. The molecule has 1 rings (SSSR count). The number of hydrogen-bond acceptors (Lipinski definition) is 3. The fourth-order valence-corrected chi connectivity index (χ4v) is 1.99. The van der Waals surface area contributed by atoms with Crippen molar-refractivity contribution in [3.63, 3.8) is 0 Å². The van der Waals surface area contributed by atoms with Gasteiger partial charge in [-0.1, -0.05) is 24.6 Å². The molecule has 0 saturated carbocycles. The maximum absolute atomic E-state index is 6.25. The molecule has 18 heavy (non-hydrogen) atoms. The molecule has 4 nitrogen and oxygen atoms in total. The van der Waals surface area contributed by atoms with Crippen molar-refractivity contribution in [2.24, 2.45) is 7.05 Å². The molecule has 0 amide bonds. The zero-order valence-corrected chi connectivity index (χ0v) is 12.0. The first-order chi connectivity index (χ1) is 8.70. The molecule has 0 saturated heterocycles. The van der Waals surface area contributed by atoms with Crippen molar-refractivity contribution < 1.29 is 4.74 Å². The monoisotopic (exact) mass is 271 g/mol. The van der Waals surface area contributed by atoms with Gasteiger partial charge in [0.1, 0.15) is 0 Å². The minimum absolute atomic E-state index is 0.698. The molecule has 0 aliphatic carbocycles. The normalized spacial score (nSPS) is 10.8. The van der Waals surface area contributed by atoms with Crippen molar-refractivity contribution in [3.8, 4) is 0 Å². The number of aryl methyl sites for hydroxylation is 2. The second kappa shape index (κ2) is 8.29. The molecule has 1 aromatic heterocycles. The molecular weight excluding hydrogens is 250 g/mol. The Balaban J connectivity index is 2.27. The smallest absolute Gasteiger partial charge is 0.0863 e. The molecule has 1 heterocycles. The van der Waals surface area contributed by atoms with Gasteiger partial charge in [0.25, 0.3) is 0 Å². The summed E-state index contributed by atoms with van der Waals surface area (Å²) in [6.07, 6.45) is 3.61. The van der Waals surface area contributed by atoms with Gasteiger partial charge in [0, 0.05) is 20.1 Å². The fourth-order valence-electron chi connectivity index (χ4n) is 1.63. The Labute approximate surface area is 114 Å². The van der Waals surface area contributed by atoms with Crippen LogP contribution in [0.25, 0.3) is 0 Å². The van der Waals surface area contributed by atoms with Crippen LogP contribution in [0.15, 0.2) is 12.7 Å². The molecule has 5 heteroatoms. The SMILES string of the molecule is C=CCCOCCNCc1c(Cl)c(CC)nn1C. The third kappa shape index (κ3) is 4.44. The Morgan fingerprint density at radius 2 is 2.28 bits per heavy atom. The van der Waals surface area contributed by atoms with Gasteiger partial charge >= 0.3 is 0 Å². The van der Waals surface area contributed by atoms with Crippen molar-refractivity contribution in [1.29, 1.82) is 0 Å². The van der Waals surface area contributed by atoms with Gasteiger partial charge in [0.05, 0.1) is 29.6 Å². The molecule has 0 aromatic carbocycles. The van der Waals surface area contributed by atoms with E-state index < -0.39 is 0 Å². The third-order valence-corrected chi connectivity index (χ3v) is 3.12. The van der Waals surface area contributed by atoms with E-state index in [1.807, 2.05) is 17.8 Å². The van der Waals surface area contributed by atoms with Crippen LogP contribution in [0, 0.1) is 0 Å². The van der Waals surface area contributed by atoms with Gasteiger partial charge in [-0.25, -0.2) is 0 Å². The highest BCUT2D eigenvalue weighted by atomic mass is 35.5. The molecule has 0 unspecified atom stereocenters. The Hall–Kier alpha value is -0.840. The Morgan fingerprint density at radius 3 is 2.89 bits per heavy atom. The molecule has 0 bridgehead atoms. The minimum Gasteiger partial charge on any atom is -0.380 e. The summed E-state index contributed by atoms with van der Waals surface area (Å²) < 4.78 is 7.25. The zero-order valence-electron chi connectivity index (χ0n) is 11.2. The molecule has 1 N–H and O–H groups in total. The molecule has 0 aliphatic heterocycles. The lowest BCUT2D eigenvalue weighted by atomic mass is 10.3. The van der Waals surface area contributed by atoms with Crippen LogP contribution < -0.4 is 5.32 Å². The predicted octanol–water partition coefficient (Wildman–Crippen LogP) is 2.32. The number of nitrogens with one attached hydrogen (secondary N) is 1. The summed E-state index contributed by atoms with van der Waals surface area (Å²) in [5, 5.41) is 8.45. The lowest BCUT2D eigenvalue weighted by Gasteiger charge is -2.06. The van der Waals surface area contributed by atoms with E-state index in [0.717, 1.165) is 42.4 Å². The summed E-state index contributed by atoms with van der Waals surface area (Å²) in [7, 11) is 1.92. The molecule has 102 valence electrons. The summed E-state index contributed by atoms with van der Waals surface area (Å²) >= 11 is 6.25. The number of ether oxygens (including phenoxy) is 1. The average Bonchev–Trinajstić information content (AvgIpc) is 2.64. The van der Waals surface area contributed by atoms with Crippen molar-refractivity contribution in [2.45, 2.75) is 26.3 Å². The van der Waals surface area contributed by atoms with Crippen molar-refractivity contribution >= 4 is 11.6 Å². The number of aromatic nitrogens is 2. The highest BCUT2D eigenvalue weighted by molar-refractivity contribution is 6.31. The van der Waals surface area contributed by atoms with E-state index in [1.165, 1.54) is 0 Å². The highest BCUT2D eigenvalue weighted by Gasteiger charge is 2.11. The van der Waals surface area contributed by atoms with E-state index in [0.29, 0.717) is 13.2 Å². The third-order valence-electron chi connectivity index (χ3n) is 2.68. The van der Waals surface area contributed by atoms with Gasteiger partial charge in [-0.3, -0.25) is 4.68 Å². The summed E-state index contributed by atoms with van der Waals surface area (Å²) in [6.45, 7) is 8.65. The summed E-state index contributed by atoms with van der Waals surface area (Å²) in [6, 6.07) is 0. The van der Waals surface area contributed by atoms with Gasteiger partial charge in [-0.05, 0) is 12.8 Å². The van der Waals surface area contributed by atoms with E-state index in [1.54, 1.807) is 0 Å². The van der Waals surface area contributed by atoms with Gasteiger partial charge < -0.3 is 10.1 Å². The Morgan fingerprint density at radius 1 is 1.50 bits per heavy atom. The van der Waals surface area contributed by atoms with Crippen molar-refractivity contribution in [2.75, 3.05) is 19.8 Å². The first-order valence-electron chi connectivity index (χ1n) is 6.30. The first kappa shape index (κ1) is 15.2. The van der Waals surface area contributed by atoms with Gasteiger partial charge in [-0.15, -0.1) is 6.58 Å². The highest BCUT2D eigenvalue weighted by Crippen LogP contribution is 2.20. The lowest BCUT2D eigenvalue weighted by Crippen LogP contribution is -2.21. The first-order valence-corrected chi connectivity index (χ1v) is 6.68. The second-order valence-corrected chi connectivity index (χ2v) is 4.43. The molecule has 0 fully saturated rings. The Bertz CT molecular complexity index is 377. The van der Waals surface area contributed by atoms with Crippen molar-refractivity contribution in [3.05, 3.63) is 29.1 Å². The molecule has 0 radical (unpaired) electrons. The van der Waals surface area contributed by atoms with Crippen LogP contribution in [0.2, 0.25) is 5.02 Å². The van der Waals surface area contributed by atoms with Crippen LogP contribution >= 0.6 is 11.6 Å². The van der Waals surface area contributed by atoms with Crippen LogP contribution in [-0.4, -0.2) is 29.5 Å². The quantitative estimate of drug-likeness (QED) is 0.553. The summed E-state index contributed by atoms with van der Waals surface area (Å²) in [5.41, 5.74) is 1.98. The van der Waals surface area contributed by atoms with E-state index in [4.69, 9.17) is 16.3 Å². The van der Waals surface area contributed by atoms with Gasteiger partial charge in [0.2, 0.25) is 0 Å². The minimum atomic E-state index is 0.698. The fraction of sp³-hybridized carbons (Fsp3) is 0.615. The van der Waals surface area contributed by atoms with E-state index in [9.17, 15) is 0 Å². The number of halogens is 1. The van der Waals surface area contributed by atoms with Crippen LogP contribution in [-0.2, 0) is 24.8 Å². The molecule has 1 aromatic rings. The van der Waals surface area contributed by atoms with E-state index in [-0.39, 0.29) is 0 Å². The Kier molecular flexibility index (Phi) is 7.01. The van der Waals surface area contributed by atoms with Crippen LogP contribution in [0.5, 0.6) is 0 Å². The summed E-state index contributed by atoms with van der Waals surface area (Å²) in [4.78, 5) is 0. The van der Waals surface area contributed by atoms with E-state index in [2.05, 4.69) is 23.9 Å². The maximum Gasteiger partial charge on any atom is 0.0863 e. The average molecular weight is 272 g/mol. The zero-order chi connectivity index (χ0) is 13.4. The number of rotatable bonds is 9. The molecule has 0 spiro atoms. The van der Waals surface area contributed by atoms with Gasteiger partial charge in [-0.2, -0.15) is 5.10 Å². The lowest BCUT2D eigenvalue weighted by molar-refractivity contribution is 0.140. The number of nitrogens with zero attached hydrogens (tertiary/aromatic N) is 2. The van der Waals surface area contributed by atoms with Crippen molar-refractivity contribution in [1.82, 2.24) is 15.1 Å². The van der Waals surface area contributed by atoms with Crippen LogP contribution in [0.4, 0.5) is 0 Å². The topological polar surface area (TPSA) is 39.1 Å². The summed E-state index contributed by atoms with van der Waals surface area (Å²) in [5.74, 6) is 0. The standard InChI is InChI=1S/C13H22ClN3O/c1-4-6-8-18-9-7-15-10-12-13(14)11(5-2)16-17(12)3/h4,15H,1,5-10H2,2-3H3. The number of hydrogen-bond donors (Lipinski definition) is 1. The van der Waals surface area contributed by atoms with E-state index >= 15 is 0 Å². The maximum atomic E-state index is 6.25. The molecular formula is C13H22ClN3O. The van der Waals surface area contributed by atoms with Gasteiger partial charge in [0.15, 0.2) is 0 Å².